The van der Waals surface area contributed by atoms with E-state index in [2.05, 4.69) is 0 Å². The molecule has 0 aromatic heterocycles. The highest BCUT2D eigenvalue weighted by Crippen LogP contribution is 2.19. The van der Waals surface area contributed by atoms with E-state index in [1.807, 2.05) is 0 Å². The van der Waals surface area contributed by atoms with Gasteiger partial charge in [0.2, 0.25) is 0 Å². The number of rotatable bonds is 1. The Kier molecular flexibility index (Phi) is 3.03. The Bertz CT molecular complexity index is 152. The molecule has 1 aliphatic rings. The fourth-order valence-electron chi connectivity index (χ4n) is 1.16. The summed E-state index contributed by atoms with van der Waals surface area (Å²) in [5.41, 5.74) is 5.36. The molecule has 0 saturated carbocycles. The van der Waals surface area contributed by atoms with Gasteiger partial charge < -0.3 is 25.8 Å². The average Bonchev–Trinajstić information content (AvgIpc) is 2.00. The van der Waals surface area contributed by atoms with Crippen molar-refractivity contribution in [3.05, 3.63) is 6.61 Å². The van der Waals surface area contributed by atoms with Crippen LogP contribution in [0.1, 0.15) is 6.92 Å². The van der Waals surface area contributed by atoms with Crippen LogP contribution < -0.4 is 5.73 Å². The van der Waals surface area contributed by atoms with Crippen molar-refractivity contribution >= 4 is 0 Å². The van der Waals surface area contributed by atoms with Gasteiger partial charge in [0.25, 0.3) is 0 Å². The minimum Gasteiger partial charge on any atom is -0.391 e. The Balaban J connectivity index is 2.58. The highest BCUT2D eigenvalue weighted by atomic mass is 16.5. The number of aliphatic hydroxyl groups is 3. The first-order valence-corrected chi connectivity index (χ1v) is 3.82. The minimum atomic E-state index is -1.13. The number of nitrogens with two attached hydrogens (primary N) is 1. The first-order chi connectivity index (χ1) is 5.54. The molecular weight excluding hydrogens is 162 g/mol. The van der Waals surface area contributed by atoms with Gasteiger partial charge in [-0.3, -0.25) is 0 Å². The van der Waals surface area contributed by atoms with Crippen LogP contribution >= 0.6 is 0 Å². The van der Waals surface area contributed by atoms with Crippen LogP contribution in [0, 0.1) is 6.61 Å². The van der Waals surface area contributed by atoms with E-state index in [1.54, 1.807) is 0 Å². The van der Waals surface area contributed by atoms with Crippen molar-refractivity contribution in [1.29, 1.82) is 0 Å². The zero-order valence-electron chi connectivity index (χ0n) is 6.79. The summed E-state index contributed by atoms with van der Waals surface area (Å²) in [4.78, 5) is 0. The van der Waals surface area contributed by atoms with Crippen molar-refractivity contribution < 1.29 is 20.1 Å². The summed E-state index contributed by atoms with van der Waals surface area (Å²) < 4.78 is 4.92. The topological polar surface area (TPSA) is 95.9 Å². The molecule has 0 aromatic carbocycles. The van der Waals surface area contributed by atoms with Crippen LogP contribution in [0.5, 0.6) is 0 Å². The Morgan fingerprint density at radius 1 is 1.42 bits per heavy atom. The van der Waals surface area contributed by atoms with Crippen molar-refractivity contribution in [2.45, 2.75) is 37.4 Å². The third kappa shape index (κ3) is 1.75. The molecule has 0 amide bonds. The van der Waals surface area contributed by atoms with Crippen molar-refractivity contribution in [1.82, 2.24) is 0 Å². The molecule has 0 aromatic rings. The average molecular weight is 176 g/mol. The SMILES string of the molecule is C[C@@H](O)[C@H]1O[CH][C@H](N)[C@@H](O)[C@@H]1O. The van der Waals surface area contributed by atoms with E-state index >= 15 is 0 Å². The Morgan fingerprint density at radius 2 is 2.00 bits per heavy atom. The van der Waals surface area contributed by atoms with E-state index in [-0.39, 0.29) is 0 Å². The van der Waals surface area contributed by atoms with E-state index in [4.69, 9.17) is 15.6 Å². The van der Waals surface area contributed by atoms with E-state index in [1.165, 1.54) is 13.5 Å². The molecule has 5 heteroatoms. The molecule has 5 nitrogen and oxygen atoms in total. The lowest BCUT2D eigenvalue weighted by molar-refractivity contribution is -0.151. The summed E-state index contributed by atoms with van der Waals surface area (Å²) in [5.74, 6) is 0. The maximum Gasteiger partial charge on any atom is 0.112 e. The normalized spacial score (nSPS) is 45.8. The highest BCUT2D eigenvalue weighted by molar-refractivity contribution is 4.95. The summed E-state index contributed by atoms with van der Waals surface area (Å²) in [7, 11) is 0. The van der Waals surface area contributed by atoms with Crippen LogP contribution in [0.2, 0.25) is 0 Å². The van der Waals surface area contributed by atoms with Crippen LogP contribution in [0.15, 0.2) is 0 Å². The maximum absolute atomic E-state index is 9.34. The van der Waals surface area contributed by atoms with Gasteiger partial charge >= 0.3 is 0 Å². The summed E-state index contributed by atoms with van der Waals surface area (Å²) in [6.07, 6.45) is -3.83. The zero-order chi connectivity index (χ0) is 9.30. The molecule has 5 atom stereocenters. The highest BCUT2D eigenvalue weighted by Gasteiger charge is 2.39. The molecule has 0 unspecified atom stereocenters. The molecule has 1 fully saturated rings. The Labute approximate surface area is 70.8 Å². The minimum absolute atomic E-state index is 0.699. The first kappa shape index (κ1) is 9.88. The number of aliphatic hydroxyl groups excluding tert-OH is 3. The monoisotopic (exact) mass is 176 g/mol. The van der Waals surface area contributed by atoms with E-state index in [9.17, 15) is 10.2 Å². The largest absolute Gasteiger partial charge is 0.391 e. The molecule has 0 spiro atoms. The van der Waals surface area contributed by atoms with Crippen LogP contribution in [0.25, 0.3) is 0 Å². The third-order valence-corrected chi connectivity index (χ3v) is 1.95. The predicted octanol–water partition coefficient (Wildman–Crippen LogP) is -2.02. The Morgan fingerprint density at radius 3 is 2.50 bits per heavy atom. The molecule has 1 heterocycles. The molecule has 0 aliphatic carbocycles. The second-order valence-corrected chi connectivity index (χ2v) is 3.04. The molecule has 1 saturated heterocycles. The summed E-state index contributed by atoms with van der Waals surface area (Å²) >= 11 is 0. The van der Waals surface area contributed by atoms with E-state index in [0.717, 1.165) is 0 Å². The van der Waals surface area contributed by atoms with Crippen molar-refractivity contribution in [3.8, 4) is 0 Å². The number of hydrogen-bond donors (Lipinski definition) is 4. The summed E-state index contributed by atoms with van der Waals surface area (Å²) in [5, 5.41) is 27.7. The summed E-state index contributed by atoms with van der Waals surface area (Å²) in [6.45, 7) is 2.71. The molecule has 1 radical (unpaired) electrons. The lowest BCUT2D eigenvalue weighted by atomic mass is 9.96. The lowest BCUT2D eigenvalue weighted by Crippen LogP contribution is -2.57. The fraction of sp³-hybridized carbons (Fsp3) is 0.857. The quantitative estimate of drug-likeness (QED) is 0.370. The molecule has 12 heavy (non-hydrogen) atoms. The van der Waals surface area contributed by atoms with Crippen LogP contribution in [0.4, 0.5) is 0 Å². The van der Waals surface area contributed by atoms with Gasteiger partial charge in [-0.25, -0.2) is 0 Å². The smallest absolute Gasteiger partial charge is 0.112 e. The van der Waals surface area contributed by atoms with Gasteiger partial charge in [0.15, 0.2) is 0 Å². The number of ether oxygens (including phenoxy) is 1. The van der Waals surface area contributed by atoms with Gasteiger partial charge in [0.1, 0.15) is 24.9 Å². The molecule has 1 rings (SSSR count). The first-order valence-electron chi connectivity index (χ1n) is 3.82. The fourth-order valence-corrected chi connectivity index (χ4v) is 1.16. The van der Waals surface area contributed by atoms with Gasteiger partial charge in [-0.15, -0.1) is 0 Å². The standard InChI is InChI=1S/C7H14NO4/c1-3(9)7-6(11)5(10)4(8)2-12-7/h2-7,9-11H,8H2,1H3/t3-,4+,5-,6+,7-/m1/s1. The van der Waals surface area contributed by atoms with Crippen LogP contribution in [0.3, 0.4) is 0 Å². The second kappa shape index (κ2) is 3.68. The predicted molar refractivity (Wildman–Crippen MR) is 40.8 cm³/mol. The van der Waals surface area contributed by atoms with Crippen molar-refractivity contribution in [2.24, 2.45) is 5.73 Å². The molecule has 1 aliphatic heterocycles. The van der Waals surface area contributed by atoms with Gasteiger partial charge in [0.05, 0.1) is 12.1 Å². The molecule has 5 N–H and O–H groups in total. The third-order valence-electron chi connectivity index (χ3n) is 1.95. The van der Waals surface area contributed by atoms with Crippen molar-refractivity contribution in [2.75, 3.05) is 0 Å². The van der Waals surface area contributed by atoms with Gasteiger partial charge in [-0.1, -0.05) is 0 Å². The summed E-state index contributed by atoms with van der Waals surface area (Å²) in [6, 6.07) is -0.699. The van der Waals surface area contributed by atoms with E-state index < -0.39 is 30.5 Å². The number of hydrogen-bond acceptors (Lipinski definition) is 5. The van der Waals surface area contributed by atoms with Gasteiger partial charge in [-0.05, 0) is 6.92 Å². The maximum atomic E-state index is 9.34. The van der Waals surface area contributed by atoms with Crippen LogP contribution in [-0.2, 0) is 4.74 Å². The van der Waals surface area contributed by atoms with Crippen LogP contribution in [-0.4, -0.2) is 45.8 Å². The van der Waals surface area contributed by atoms with Gasteiger partial charge in [-0.2, -0.15) is 0 Å². The molecule has 0 bridgehead atoms. The zero-order valence-corrected chi connectivity index (χ0v) is 6.79. The van der Waals surface area contributed by atoms with E-state index in [0.29, 0.717) is 0 Å². The van der Waals surface area contributed by atoms with Gasteiger partial charge in [0, 0.05) is 0 Å². The molecule has 71 valence electrons. The second-order valence-electron chi connectivity index (χ2n) is 3.04. The Hall–Kier alpha value is -0.200. The van der Waals surface area contributed by atoms with Crippen molar-refractivity contribution in [3.63, 3.8) is 0 Å². The molecular formula is C7H14NO4. The lowest BCUT2D eigenvalue weighted by Gasteiger charge is -2.36.